The molecule has 0 spiro atoms. The van der Waals surface area contributed by atoms with Crippen LogP contribution in [0.3, 0.4) is 0 Å². The van der Waals surface area contributed by atoms with Crippen LogP contribution >= 0.6 is 0 Å². The summed E-state index contributed by atoms with van der Waals surface area (Å²) in [5, 5.41) is 6.68. The lowest BCUT2D eigenvalue weighted by Crippen LogP contribution is -2.34. The molecule has 4 rings (SSSR count). The van der Waals surface area contributed by atoms with Crippen molar-refractivity contribution in [1.29, 1.82) is 0 Å². The molecule has 132 valence electrons. The van der Waals surface area contributed by atoms with E-state index < -0.39 is 6.10 Å². The molecule has 1 unspecified atom stereocenters. The third-order valence-electron chi connectivity index (χ3n) is 4.74. The number of aryl methyl sites for hydroxylation is 2. The Kier molecular flexibility index (Phi) is 3.68. The second-order valence-electron chi connectivity index (χ2n) is 6.55. The van der Waals surface area contributed by atoms with Gasteiger partial charge in [0.05, 0.1) is 5.69 Å². The number of aromatic amines is 1. The first-order chi connectivity index (χ1) is 12.4. The van der Waals surface area contributed by atoms with Gasteiger partial charge in [-0.2, -0.15) is 0 Å². The first-order valence-electron chi connectivity index (χ1n) is 8.44. The van der Waals surface area contributed by atoms with Crippen molar-refractivity contribution in [2.75, 3.05) is 10.6 Å². The van der Waals surface area contributed by atoms with Gasteiger partial charge < -0.3 is 20.4 Å². The molecule has 1 aromatic heterocycles. The quantitative estimate of drug-likeness (QED) is 0.659. The molecule has 3 aromatic rings. The number of hydrogen-bond donors (Lipinski definition) is 3. The second kappa shape index (κ2) is 5.91. The van der Waals surface area contributed by atoms with E-state index in [4.69, 9.17) is 4.74 Å². The first-order valence-corrected chi connectivity index (χ1v) is 8.44. The van der Waals surface area contributed by atoms with Gasteiger partial charge in [-0.15, -0.1) is 0 Å². The van der Waals surface area contributed by atoms with Gasteiger partial charge in [-0.3, -0.25) is 9.59 Å². The van der Waals surface area contributed by atoms with Gasteiger partial charge in [0.15, 0.2) is 6.10 Å². The van der Waals surface area contributed by atoms with Crippen LogP contribution in [0.4, 0.5) is 11.4 Å². The predicted octanol–water partition coefficient (Wildman–Crippen LogP) is 3.76. The van der Waals surface area contributed by atoms with E-state index in [1.54, 1.807) is 31.2 Å². The number of carbonyl (C=O) groups is 2. The Morgan fingerprint density at radius 1 is 1.15 bits per heavy atom. The molecule has 2 heterocycles. The van der Waals surface area contributed by atoms with Crippen molar-refractivity contribution in [2.45, 2.75) is 26.9 Å². The zero-order chi connectivity index (χ0) is 18.4. The number of amides is 2. The van der Waals surface area contributed by atoms with Crippen molar-refractivity contribution in [3.8, 4) is 5.75 Å². The minimum atomic E-state index is -0.525. The smallest absolute Gasteiger partial charge is 0.265 e. The van der Waals surface area contributed by atoms with E-state index in [1.165, 1.54) is 0 Å². The maximum atomic E-state index is 12.6. The van der Waals surface area contributed by atoms with Crippen LogP contribution in [0.1, 0.15) is 28.5 Å². The summed E-state index contributed by atoms with van der Waals surface area (Å²) >= 11 is 0. The summed E-state index contributed by atoms with van der Waals surface area (Å²) in [6.45, 7) is 5.73. The van der Waals surface area contributed by atoms with Gasteiger partial charge in [0.25, 0.3) is 11.8 Å². The van der Waals surface area contributed by atoms with E-state index in [0.29, 0.717) is 22.7 Å². The van der Waals surface area contributed by atoms with Crippen LogP contribution in [-0.2, 0) is 4.79 Å². The summed E-state index contributed by atoms with van der Waals surface area (Å²) in [5.41, 5.74) is 4.97. The predicted molar refractivity (Wildman–Crippen MR) is 101 cm³/mol. The van der Waals surface area contributed by atoms with Crippen LogP contribution in [0, 0.1) is 13.8 Å². The molecule has 1 atom stereocenters. The number of hydrogen-bond acceptors (Lipinski definition) is 3. The molecular weight excluding hydrogens is 330 g/mol. The van der Waals surface area contributed by atoms with Gasteiger partial charge in [-0.1, -0.05) is 0 Å². The van der Waals surface area contributed by atoms with Gasteiger partial charge in [-0.05, 0) is 62.7 Å². The van der Waals surface area contributed by atoms with Crippen LogP contribution in [-0.4, -0.2) is 22.9 Å². The van der Waals surface area contributed by atoms with Crippen molar-refractivity contribution in [2.24, 2.45) is 0 Å². The lowest BCUT2D eigenvalue weighted by Gasteiger charge is -2.23. The molecule has 1 aliphatic heterocycles. The highest BCUT2D eigenvalue weighted by molar-refractivity contribution is 6.07. The molecule has 0 bridgehead atoms. The summed E-state index contributed by atoms with van der Waals surface area (Å²) in [6, 6.07) is 10.8. The summed E-state index contributed by atoms with van der Waals surface area (Å²) in [6.07, 6.45) is -0.525. The normalized spacial score (nSPS) is 16.0. The van der Waals surface area contributed by atoms with Crippen molar-refractivity contribution in [3.63, 3.8) is 0 Å². The van der Waals surface area contributed by atoms with Gasteiger partial charge in [0.1, 0.15) is 5.75 Å². The summed E-state index contributed by atoms with van der Waals surface area (Å²) in [4.78, 5) is 27.7. The van der Waals surface area contributed by atoms with Crippen molar-refractivity contribution < 1.29 is 14.3 Å². The van der Waals surface area contributed by atoms with E-state index in [1.807, 2.05) is 26.0 Å². The van der Waals surface area contributed by atoms with Crippen LogP contribution in [0.2, 0.25) is 0 Å². The number of aromatic nitrogens is 1. The molecule has 1 aliphatic rings. The average molecular weight is 349 g/mol. The fourth-order valence-electron chi connectivity index (χ4n) is 3.09. The zero-order valence-corrected chi connectivity index (χ0v) is 14.8. The van der Waals surface area contributed by atoms with Crippen LogP contribution in [0.15, 0.2) is 36.4 Å². The number of nitrogens with one attached hydrogen (secondary N) is 3. The van der Waals surface area contributed by atoms with E-state index in [-0.39, 0.29) is 11.8 Å². The Morgan fingerprint density at radius 3 is 2.77 bits per heavy atom. The Bertz CT molecular complexity index is 1050. The molecule has 0 saturated heterocycles. The molecule has 2 amide bonds. The van der Waals surface area contributed by atoms with E-state index >= 15 is 0 Å². The number of fused-ring (bicyclic) bond motifs is 2. The minimum Gasteiger partial charge on any atom is -0.479 e. The lowest BCUT2D eigenvalue weighted by molar-refractivity contribution is -0.122. The third-order valence-corrected chi connectivity index (χ3v) is 4.74. The topological polar surface area (TPSA) is 83.2 Å². The first kappa shape index (κ1) is 16.2. The Morgan fingerprint density at radius 2 is 1.96 bits per heavy atom. The van der Waals surface area contributed by atoms with Crippen molar-refractivity contribution >= 4 is 34.1 Å². The molecule has 26 heavy (non-hydrogen) atoms. The largest absolute Gasteiger partial charge is 0.479 e. The molecule has 0 aliphatic carbocycles. The molecule has 0 saturated carbocycles. The maximum absolute atomic E-state index is 12.6. The number of benzene rings is 2. The summed E-state index contributed by atoms with van der Waals surface area (Å²) in [5.74, 6) is 0.182. The Balaban J connectivity index is 1.59. The van der Waals surface area contributed by atoms with Crippen molar-refractivity contribution in [1.82, 2.24) is 4.98 Å². The minimum absolute atomic E-state index is 0.204. The van der Waals surface area contributed by atoms with Crippen LogP contribution < -0.4 is 15.4 Å². The van der Waals surface area contributed by atoms with Crippen LogP contribution in [0.5, 0.6) is 5.75 Å². The second-order valence-corrected chi connectivity index (χ2v) is 6.55. The number of carbonyl (C=O) groups excluding carboxylic acids is 2. The highest BCUT2D eigenvalue weighted by Gasteiger charge is 2.23. The number of anilines is 2. The fourth-order valence-corrected chi connectivity index (χ4v) is 3.09. The maximum Gasteiger partial charge on any atom is 0.265 e. The summed E-state index contributed by atoms with van der Waals surface area (Å²) in [7, 11) is 0. The fraction of sp³-hybridized carbons (Fsp3) is 0.200. The van der Waals surface area contributed by atoms with Crippen LogP contribution in [0.25, 0.3) is 10.9 Å². The molecule has 6 heteroatoms. The lowest BCUT2D eigenvalue weighted by atomic mass is 10.1. The summed E-state index contributed by atoms with van der Waals surface area (Å²) < 4.78 is 5.52. The highest BCUT2D eigenvalue weighted by Crippen LogP contribution is 2.32. The molecule has 2 aromatic carbocycles. The number of ether oxygens (including phenoxy) is 1. The van der Waals surface area contributed by atoms with E-state index in [0.717, 1.165) is 22.2 Å². The number of H-pyrrole nitrogens is 1. The van der Waals surface area contributed by atoms with E-state index in [9.17, 15) is 9.59 Å². The molecule has 0 fully saturated rings. The van der Waals surface area contributed by atoms with E-state index in [2.05, 4.69) is 15.6 Å². The van der Waals surface area contributed by atoms with Gasteiger partial charge in [0.2, 0.25) is 0 Å². The van der Waals surface area contributed by atoms with Gasteiger partial charge in [0, 0.05) is 27.8 Å². The average Bonchev–Trinajstić information content (AvgIpc) is 2.90. The Labute approximate surface area is 150 Å². The Hall–Kier alpha value is -3.28. The number of rotatable bonds is 2. The standard InChI is InChI=1S/C20H19N3O3/c1-10-11(2)21-16-6-4-13(8-15(10)16)20(25)22-14-5-7-18-17(9-14)23-19(24)12(3)26-18/h4-9,12,21H,1-3H3,(H,22,25)(H,23,24). The molecular formula is C20H19N3O3. The molecule has 3 N–H and O–H groups in total. The van der Waals surface area contributed by atoms with Gasteiger partial charge >= 0.3 is 0 Å². The molecule has 0 radical (unpaired) electrons. The van der Waals surface area contributed by atoms with Gasteiger partial charge in [-0.25, -0.2) is 0 Å². The molecule has 6 nitrogen and oxygen atoms in total. The SMILES string of the molecule is Cc1[nH]c2ccc(C(=O)Nc3ccc4c(c3)NC(=O)C(C)O4)cc2c1C. The van der Waals surface area contributed by atoms with Crippen molar-refractivity contribution in [3.05, 3.63) is 53.2 Å². The zero-order valence-electron chi connectivity index (χ0n) is 14.8. The monoisotopic (exact) mass is 349 g/mol. The highest BCUT2D eigenvalue weighted by atomic mass is 16.5. The third kappa shape index (κ3) is 2.69.